The van der Waals surface area contributed by atoms with E-state index < -0.39 is 0 Å². The Kier molecular flexibility index (Phi) is 7.96. The quantitative estimate of drug-likeness (QED) is 0.498. The minimum atomic E-state index is 0. The number of guanidine groups is 1. The van der Waals surface area contributed by atoms with Gasteiger partial charge in [-0.1, -0.05) is 0 Å². The second kappa shape index (κ2) is 8.37. The summed E-state index contributed by atoms with van der Waals surface area (Å²) in [6.45, 7) is 7.37. The SMILES string of the molecule is CCN(CC)C(N)=NCCn1cccn1.I. The van der Waals surface area contributed by atoms with Gasteiger partial charge in [-0.15, -0.1) is 24.0 Å². The first-order valence-corrected chi connectivity index (χ1v) is 5.30. The molecule has 0 aliphatic rings. The smallest absolute Gasteiger partial charge is 0.191 e. The molecule has 1 rings (SSSR count). The molecule has 0 radical (unpaired) electrons. The standard InChI is InChI=1S/C10H19N5.HI/c1-3-14(4-2)10(11)12-7-9-15-8-5-6-13-15;/h5-6,8H,3-4,7,9H2,1-2H3,(H2,11,12);1H. The summed E-state index contributed by atoms with van der Waals surface area (Å²) in [5, 5.41) is 4.09. The molecule has 0 aliphatic heterocycles. The molecular formula is C10H20IN5. The Morgan fingerprint density at radius 1 is 1.44 bits per heavy atom. The van der Waals surface area contributed by atoms with Gasteiger partial charge in [0.15, 0.2) is 5.96 Å². The predicted molar refractivity (Wildman–Crippen MR) is 77.1 cm³/mol. The highest BCUT2D eigenvalue weighted by atomic mass is 127. The largest absolute Gasteiger partial charge is 0.370 e. The molecule has 1 aromatic rings. The van der Waals surface area contributed by atoms with Gasteiger partial charge >= 0.3 is 0 Å². The van der Waals surface area contributed by atoms with Crippen molar-refractivity contribution in [2.45, 2.75) is 20.4 Å². The van der Waals surface area contributed by atoms with E-state index in [0.717, 1.165) is 19.6 Å². The maximum absolute atomic E-state index is 5.82. The zero-order chi connectivity index (χ0) is 11.1. The number of halogens is 1. The lowest BCUT2D eigenvalue weighted by Crippen LogP contribution is -2.37. The van der Waals surface area contributed by atoms with Gasteiger partial charge in [-0.25, -0.2) is 0 Å². The summed E-state index contributed by atoms with van der Waals surface area (Å²) in [6, 6.07) is 1.90. The predicted octanol–water partition coefficient (Wildman–Crippen LogP) is 1.16. The highest BCUT2D eigenvalue weighted by molar-refractivity contribution is 14.0. The molecule has 92 valence electrons. The van der Waals surface area contributed by atoms with E-state index in [-0.39, 0.29) is 24.0 Å². The number of rotatable bonds is 5. The van der Waals surface area contributed by atoms with Crippen LogP contribution in [0.15, 0.2) is 23.5 Å². The summed E-state index contributed by atoms with van der Waals surface area (Å²) >= 11 is 0. The van der Waals surface area contributed by atoms with E-state index >= 15 is 0 Å². The third kappa shape index (κ3) is 4.82. The molecule has 6 heteroatoms. The van der Waals surface area contributed by atoms with Crippen LogP contribution in [0.4, 0.5) is 0 Å². The first-order valence-electron chi connectivity index (χ1n) is 5.30. The van der Waals surface area contributed by atoms with Crippen LogP contribution < -0.4 is 5.73 Å². The number of nitrogens with two attached hydrogens (primary N) is 1. The first kappa shape index (κ1) is 15.2. The van der Waals surface area contributed by atoms with E-state index in [2.05, 4.69) is 23.9 Å². The lowest BCUT2D eigenvalue weighted by atomic mass is 10.5. The van der Waals surface area contributed by atoms with Crippen molar-refractivity contribution in [2.24, 2.45) is 10.7 Å². The molecule has 5 nitrogen and oxygen atoms in total. The second-order valence-corrected chi connectivity index (χ2v) is 3.18. The van der Waals surface area contributed by atoms with Gasteiger partial charge < -0.3 is 10.6 Å². The Balaban J connectivity index is 0.00000225. The van der Waals surface area contributed by atoms with Gasteiger partial charge in [0.1, 0.15) is 0 Å². The lowest BCUT2D eigenvalue weighted by Gasteiger charge is -2.19. The van der Waals surface area contributed by atoms with Crippen LogP contribution in [0.3, 0.4) is 0 Å². The summed E-state index contributed by atoms with van der Waals surface area (Å²) in [4.78, 5) is 6.33. The molecule has 0 bridgehead atoms. The van der Waals surface area contributed by atoms with Crippen molar-refractivity contribution < 1.29 is 0 Å². The molecule has 16 heavy (non-hydrogen) atoms. The highest BCUT2D eigenvalue weighted by Gasteiger charge is 2.00. The normalized spacial score (nSPS) is 11.0. The maximum Gasteiger partial charge on any atom is 0.191 e. The third-order valence-electron chi connectivity index (χ3n) is 2.25. The van der Waals surface area contributed by atoms with Crippen LogP contribution in [-0.4, -0.2) is 40.3 Å². The minimum Gasteiger partial charge on any atom is -0.370 e. The molecule has 2 N–H and O–H groups in total. The molecule has 0 fully saturated rings. The zero-order valence-corrected chi connectivity index (χ0v) is 12.2. The number of hydrogen-bond donors (Lipinski definition) is 1. The third-order valence-corrected chi connectivity index (χ3v) is 2.25. The van der Waals surface area contributed by atoms with Gasteiger partial charge in [0.05, 0.1) is 13.1 Å². The topological polar surface area (TPSA) is 59.4 Å². The minimum absolute atomic E-state index is 0. The van der Waals surface area contributed by atoms with E-state index in [4.69, 9.17) is 5.73 Å². The Labute approximate surface area is 114 Å². The summed E-state index contributed by atoms with van der Waals surface area (Å²) < 4.78 is 1.85. The van der Waals surface area contributed by atoms with E-state index in [1.54, 1.807) is 6.20 Å². The van der Waals surface area contributed by atoms with Gasteiger partial charge in [0, 0.05) is 25.5 Å². The molecule has 0 aliphatic carbocycles. The Morgan fingerprint density at radius 3 is 2.62 bits per heavy atom. The van der Waals surface area contributed by atoms with Crippen molar-refractivity contribution in [3.05, 3.63) is 18.5 Å². The average molecular weight is 337 g/mol. The Morgan fingerprint density at radius 2 is 2.12 bits per heavy atom. The summed E-state index contributed by atoms with van der Waals surface area (Å²) in [7, 11) is 0. The maximum atomic E-state index is 5.82. The average Bonchev–Trinajstić information content (AvgIpc) is 2.72. The molecule has 1 aromatic heterocycles. The molecule has 0 saturated heterocycles. The molecule has 0 atom stereocenters. The van der Waals surface area contributed by atoms with Gasteiger partial charge in [-0.2, -0.15) is 5.10 Å². The van der Waals surface area contributed by atoms with Crippen molar-refractivity contribution in [3.8, 4) is 0 Å². The van der Waals surface area contributed by atoms with E-state index in [1.165, 1.54) is 0 Å². The highest BCUT2D eigenvalue weighted by Crippen LogP contribution is 1.89. The molecule has 1 heterocycles. The Hall–Kier alpha value is -0.790. The van der Waals surface area contributed by atoms with Crippen LogP contribution in [-0.2, 0) is 6.54 Å². The summed E-state index contributed by atoms with van der Waals surface area (Å²) in [6.07, 6.45) is 3.68. The van der Waals surface area contributed by atoms with Crippen molar-refractivity contribution in [1.82, 2.24) is 14.7 Å². The van der Waals surface area contributed by atoms with E-state index in [9.17, 15) is 0 Å². The molecular weight excluding hydrogens is 317 g/mol. The number of aliphatic imine (C=N–C) groups is 1. The fourth-order valence-corrected chi connectivity index (χ4v) is 1.35. The van der Waals surface area contributed by atoms with Crippen LogP contribution in [0.1, 0.15) is 13.8 Å². The molecule has 0 amide bonds. The van der Waals surface area contributed by atoms with Crippen molar-refractivity contribution >= 4 is 29.9 Å². The monoisotopic (exact) mass is 337 g/mol. The number of hydrogen-bond acceptors (Lipinski definition) is 2. The van der Waals surface area contributed by atoms with E-state index in [1.807, 2.05) is 21.8 Å². The van der Waals surface area contributed by atoms with Crippen molar-refractivity contribution in [3.63, 3.8) is 0 Å². The molecule has 0 aromatic carbocycles. The van der Waals surface area contributed by atoms with Crippen molar-refractivity contribution in [1.29, 1.82) is 0 Å². The zero-order valence-electron chi connectivity index (χ0n) is 9.83. The molecule has 0 saturated carbocycles. The summed E-state index contributed by atoms with van der Waals surface area (Å²) in [5.74, 6) is 0.618. The fourth-order valence-electron chi connectivity index (χ4n) is 1.35. The van der Waals surface area contributed by atoms with Crippen LogP contribution in [0, 0.1) is 0 Å². The van der Waals surface area contributed by atoms with Gasteiger partial charge in [0.2, 0.25) is 0 Å². The lowest BCUT2D eigenvalue weighted by molar-refractivity contribution is 0.457. The number of aromatic nitrogens is 2. The van der Waals surface area contributed by atoms with Crippen LogP contribution >= 0.6 is 24.0 Å². The van der Waals surface area contributed by atoms with Crippen molar-refractivity contribution in [2.75, 3.05) is 19.6 Å². The summed E-state index contributed by atoms with van der Waals surface area (Å²) in [5.41, 5.74) is 5.82. The van der Waals surface area contributed by atoms with E-state index in [0.29, 0.717) is 12.5 Å². The van der Waals surface area contributed by atoms with Gasteiger partial charge in [-0.05, 0) is 19.9 Å². The Bertz CT molecular complexity index is 292. The fraction of sp³-hybridized carbons (Fsp3) is 0.600. The first-order chi connectivity index (χ1) is 7.27. The van der Waals surface area contributed by atoms with Crippen LogP contribution in [0.2, 0.25) is 0 Å². The molecule has 0 spiro atoms. The van der Waals surface area contributed by atoms with Gasteiger partial charge in [-0.3, -0.25) is 9.67 Å². The van der Waals surface area contributed by atoms with Crippen LogP contribution in [0.5, 0.6) is 0 Å². The molecule has 0 unspecified atom stereocenters. The second-order valence-electron chi connectivity index (χ2n) is 3.18. The van der Waals surface area contributed by atoms with Gasteiger partial charge in [0.25, 0.3) is 0 Å². The van der Waals surface area contributed by atoms with Crippen LogP contribution in [0.25, 0.3) is 0 Å². The number of nitrogens with zero attached hydrogens (tertiary/aromatic N) is 4.